The highest BCUT2D eigenvalue weighted by molar-refractivity contribution is 7.98. The second kappa shape index (κ2) is 9.29. The molecule has 0 amide bonds. The fourth-order valence-electron chi connectivity index (χ4n) is 2.88. The highest BCUT2D eigenvalue weighted by Gasteiger charge is 2.14. The van der Waals surface area contributed by atoms with Gasteiger partial charge in [0.1, 0.15) is 0 Å². The van der Waals surface area contributed by atoms with Crippen molar-refractivity contribution >= 4 is 29.1 Å². The van der Waals surface area contributed by atoms with Crippen LogP contribution in [0.25, 0.3) is 0 Å². The maximum atomic E-state index is 12.6. The summed E-state index contributed by atoms with van der Waals surface area (Å²) < 4.78 is 6.82. The van der Waals surface area contributed by atoms with Gasteiger partial charge in [-0.05, 0) is 36.2 Å². The summed E-state index contributed by atoms with van der Waals surface area (Å²) in [5.41, 5.74) is 2.71. The van der Waals surface area contributed by atoms with Crippen molar-refractivity contribution in [2.75, 3.05) is 7.11 Å². The van der Waals surface area contributed by atoms with Crippen LogP contribution >= 0.6 is 23.4 Å². The van der Waals surface area contributed by atoms with E-state index in [1.807, 2.05) is 19.1 Å². The molecule has 2 aromatic carbocycles. The first-order chi connectivity index (χ1) is 13.9. The number of methoxy groups -OCH3 is 1. The first-order valence-corrected chi connectivity index (χ1v) is 10.5. The summed E-state index contributed by atoms with van der Waals surface area (Å²) in [5, 5.41) is 1.19. The van der Waals surface area contributed by atoms with Crippen molar-refractivity contribution in [2.45, 2.75) is 24.3 Å². The van der Waals surface area contributed by atoms with Gasteiger partial charge in [0.25, 0.3) is 5.56 Å². The van der Waals surface area contributed by atoms with Crippen LogP contribution in [0.2, 0.25) is 5.02 Å². The van der Waals surface area contributed by atoms with Gasteiger partial charge in [-0.2, -0.15) is 4.98 Å². The molecule has 0 N–H and O–H groups in total. The molecule has 150 valence electrons. The number of hydrogen-bond acceptors (Lipinski definition) is 5. The molecule has 1 aromatic heterocycles. The lowest BCUT2D eigenvalue weighted by molar-refractivity contribution is 0.103. The van der Waals surface area contributed by atoms with Crippen LogP contribution in [0.3, 0.4) is 0 Å². The molecular weight excluding hydrogens is 408 g/mol. The van der Waals surface area contributed by atoms with Crippen LogP contribution in [0.1, 0.15) is 34.0 Å². The Balaban J connectivity index is 1.74. The zero-order valence-corrected chi connectivity index (χ0v) is 18.0. The van der Waals surface area contributed by atoms with Crippen molar-refractivity contribution in [2.24, 2.45) is 7.05 Å². The lowest BCUT2D eigenvalue weighted by Crippen LogP contribution is -2.24. The Hall–Kier alpha value is -2.57. The average Bonchev–Trinajstić information content (AvgIpc) is 2.75. The number of thioether (sulfide) groups is 1. The molecular formula is C22H21ClN2O3S. The quantitative estimate of drug-likeness (QED) is 0.314. The molecule has 0 radical (unpaired) electrons. The summed E-state index contributed by atoms with van der Waals surface area (Å²) in [6, 6.07) is 14.3. The molecule has 0 saturated carbocycles. The molecule has 0 spiro atoms. The van der Waals surface area contributed by atoms with Gasteiger partial charge < -0.3 is 4.74 Å². The van der Waals surface area contributed by atoms with Crippen molar-refractivity contribution in [3.63, 3.8) is 0 Å². The topological polar surface area (TPSA) is 61.2 Å². The summed E-state index contributed by atoms with van der Waals surface area (Å²) in [4.78, 5) is 29.5. The van der Waals surface area contributed by atoms with Gasteiger partial charge in [-0.1, -0.05) is 54.6 Å². The number of halogens is 1. The first-order valence-electron chi connectivity index (χ1n) is 9.10. The maximum absolute atomic E-state index is 12.6. The molecule has 0 saturated heterocycles. The van der Waals surface area contributed by atoms with Crippen molar-refractivity contribution < 1.29 is 9.53 Å². The monoisotopic (exact) mass is 428 g/mol. The number of benzene rings is 2. The summed E-state index contributed by atoms with van der Waals surface area (Å²) in [6.07, 6.45) is 0.566. The Kier molecular flexibility index (Phi) is 6.77. The molecule has 0 atom stereocenters. The Morgan fingerprint density at radius 1 is 1.10 bits per heavy atom. The minimum atomic E-state index is -0.0919. The fraction of sp³-hybridized carbons (Fsp3) is 0.227. The molecule has 0 aliphatic carbocycles. The van der Waals surface area contributed by atoms with Crippen LogP contribution in [-0.4, -0.2) is 22.4 Å². The van der Waals surface area contributed by atoms with E-state index < -0.39 is 0 Å². The Morgan fingerprint density at radius 3 is 2.24 bits per heavy atom. The van der Waals surface area contributed by atoms with E-state index in [2.05, 4.69) is 4.98 Å². The Bertz CT molecular complexity index is 1080. The van der Waals surface area contributed by atoms with E-state index in [9.17, 15) is 9.59 Å². The second-order valence-corrected chi connectivity index (χ2v) is 7.80. The minimum absolute atomic E-state index is 0.0511. The van der Waals surface area contributed by atoms with Crippen LogP contribution in [-0.2, 0) is 19.2 Å². The molecule has 29 heavy (non-hydrogen) atoms. The van der Waals surface area contributed by atoms with Gasteiger partial charge in [-0.25, -0.2) is 0 Å². The smallest absolute Gasteiger partial charge is 0.260 e. The van der Waals surface area contributed by atoms with Crippen molar-refractivity contribution in [3.05, 3.63) is 86.2 Å². The molecule has 0 fully saturated rings. The minimum Gasteiger partial charge on any atom is -0.481 e. The first kappa shape index (κ1) is 21.1. The zero-order chi connectivity index (χ0) is 21.0. The maximum Gasteiger partial charge on any atom is 0.260 e. The largest absolute Gasteiger partial charge is 0.481 e. The van der Waals surface area contributed by atoms with E-state index in [4.69, 9.17) is 16.3 Å². The predicted octanol–water partition coefficient (Wildman–Crippen LogP) is 4.53. The molecule has 0 bridgehead atoms. The second-order valence-electron chi connectivity index (χ2n) is 6.42. The standard InChI is InChI=1S/C22H21ClN2O3S/c1-4-18-20(28-3)24-22(25(2)21(18)27)29-13-14-5-7-15(8-6-14)19(26)16-9-11-17(23)12-10-16/h5-12H,4,13H2,1-3H3. The number of rotatable bonds is 7. The van der Waals surface area contributed by atoms with Crippen molar-refractivity contribution in [1.82, 2.24) is 9.55 Å². The lowest BCUT2D eigenvalue weighted by Gasteiger charge is -2.12. The summed E-state index contributed by atoms with van der Waals surface area (Å²) in [5.74, 6) is 0.941. The molecule has 0 unspecified atom stereocenters. The zero-order valence-electron chi connectivity index (χ0n) is 16.4. The number of ether oxygens (including phenoxy) is 1. The average molecular weight is 429 g/mol. The Labute approximate surface area is 178 Å². The third kappa shape index (κ3) is 4.71. The number of aromatic nitrogens is 2. The SMILES string of the molecule is CCc1c(OC)nc(SCc2ccc(C(=O)c3ccc(Cl)cc3)cc2)n(C)c1=O. The lowest BCUT2D eigenvalue weighted by atomic mass is 10.0. The van der Waals surface area contributed by atoms with E-state index >= 15 is 0 Å². The highest BCUT2D eigenvalue weighted by atomic mass is 35.5. The third-order valence-electron chi connectivity index (χ3n) is 4.54. The number of carbonyl (C=O) groups excluding carboxylic acids is 1. The molecule has 3 aromatic rings. The van der Waals surface area contributed by atoms with E-state index in [0.717, 1.165) is 5.56 Å². The summed E-state index contributed by atoms with van der Waals surface area (Å²) >= 11 is 7.32. The Morgan fingerprint density at radius 2 is 1.69 bits per heavy atom. The summed E-state index contributed by atoms with van der Waals surface area (Å²) in [6.45, 7) is 1.90. The third-order valence-corrected chi connectivity index (χ3v) is 5.90. The van der Waals surface area contributed by atoms with Gasteiger partial charge in [-0.15, -0.1) is 0 Å². The molecule has 0 aliphatic heterocycles. The van der Waals surface area contributed by atoms with Crippen LogP contribution in [0, 0.1) is 0 Å². The van der Waals surface area contributed by atoms with Crippen molar-refractivity contribution in [1.29, 1.82) is 0 Å². The van der Waals surface area contributed by atoms with Gasteiger partial charge >= 0.3 is 0 Å². The molecule has 0 aliphatic rings. The van der Waals surface area contributed by atoms with E-state index in [0.29, 0.717) is 44.9 Å². The van der Waals surface area contributed by atoms with E-state index in [1.165, 1.54) is 18.9 Å². The predicted molar refractivity (Wildman–Crippen MR) is 116 cm³/mol. The highest BCUT2D eigenvalue weighted by Crippen LogP contribution is 2.24. The molecule has 1 heterocycles. The number of ketones is 1. The van der Waals surface area contributed by atoms with Crippen LogP contribution < -0.4 is 10.3 Å². The van der Waals surface area contributed by atoms with Crippen molar-refractivity contribution in [3.8, 4) is 5.88 Å². The van der Waals surface area contributed by atoms with Gasteiger partial charge in [-0.3, -0.25) is 14.2 Å². The van der Waals surface area contributed by atoms with Crippen LogP contribution in [0.4, 0.5) is 0 Å². The number of nitrogens with zero attached hydrogens (tertiary/aromatic N) is 2. The molecule has 7 heteroatoms. The van der Waals surface area contributed by atoms with Gasteiger partial charge in [0.15, 0.2) is 10.9 Å². The summed E-state index contributed by atoms with van der Waals surface area (Å²) in [7, 11) is 3.23. The fourth-order valence-corrected chi connectivity index (χ4v) is 3.92. The van der Waals surface area contributed by atoms with Gasteiger partial charge in [0.2, 0.25) is 5.88 Å². The van der Waals surface area contributed by atoms with Crippen LogP contribution in [0.5, 0.6) is 5.88 Å². The normalized spacial score (nSPS) is 10.8. The van der Waals surface area contributed by atoms with E-state index in [-0.39, 0.29) is 11.3 Å². The number of hydrogen-bond donors (Lipinski definition) is 0. The van der Waals surface area contributed by atoms with E-state index in [1.54, 1.807) is 48.0 Å². The molecule has 3 rings (SSSR count). The van der Waals surface area contributed by atoms with Gasteiger partial charge in [0, 0.05) is 29.0 Å². The molecule has 5 nitrogen and oxygen atoms in total. The van der Waals surface area contributed by atoms with Gasteiger partial charge in [0.05, 0.1) is 12.7 Å². The van der Waals surface area contributed by atoms with Crippen LogP contribution in [0.15, 0.2) is 58.5 Å². The number of carbonyl (C=O) groups is 1.